The smallest absolute Gasteiger partial charge is 0.216 e. The van der Waals surface area contributed by atoms with E-state index in [4.69, 9.17) is 20.2 Å². The average Bonchev–Trinajstić information content (AvgIpc) is 3.47. The van der Waals surface area contributed by atoms with Crippen molar-refractivity contribution in [2.45, 2.75) is 38.8 Å². The Morgan fingerprint density at radius 3 is 2.51 bits per heavy atom. The first-order valence-corrected chi connectivity index (χ1v) is 14.1. The van der Waals surface area contributed by atoms with Crippen LogP contribution in [0, 0.1) is 0 Å². The number of piperazine rings is 1. The maximum atomic E-state index is 6.48. The molecule has 2 bridgehead atoms. The van der Waals surface area contributed by atoms with E-state index in [2.05, 4.69) is 46.1 Å². The number of hydrogen-bond donors (Lipinski definition) is 2. The molecule has 9 heteroatoms. The molecule has 0 saturated carbocycles. The highest BCUT2D eigenvalue weighted by Crippen LogP contribution is 2.40. The molecule has 2 aliphatic heterocycles. The summed E-state index contributed by atoms with van der Waals surface area (Å²) in [6.07, 6.45) is 2.46. The Kier molecular flexibility index (Phi) is 6.75. The lowest BCUT2D eigenvalue weighted by molar-refractivity contribution is 0.218. The summed E-state index contributed by atoms with van der Waals surface area (Å²) >= 11 is 1.46. The molecule has 2 atom stereocenters. The van der Waals surface area contributed by atoms with Crippen molar-refractivity contribution in [1.82, 2.24) is 20.2 Å². The average molecular weight is 519 g/mol. The number of rotatable bonds is 9. The Hall–Kier alpha value is -3.14. The molecule has 37 heavy (non-hydrogen) atoms. The summed E-state index contributed by atoms with van der Waals surface area (Å²) in [5.41, 5.74) is 8.71. The summed E-state index contributed by atoms with van der Waals surface area (Å²) < 4.78 is 13.7. The number of ether oxygens (including phenoxy) is 2. The van der Waals surface area contributed by atoms with Crippen LogP contribution in [0.5, 0.6) is 17.4 Å². The molecule has 8 nitrogen and oxygen atoms in total. The highest BCUT2D eigenvalue weighted by molar-refractivity contribution is 7.22. The minimum absolute atomic E-state index is 0.529. The van der Waals surface area contributed by atoms with Crippen molar-refractivity contribution in [1.29, 1.82) is 0 Å². The summed E-state index contributed by atoms with van der Waals surface area (Å²) in [5, 5.41) is 5.34. The zero-order chi connectivity index (χ0) is 25.4. The number of pyridine rings is 1. The Balaban J connectivity index is 1.39. The van der Waals surface area contributed by atoms with E-state index < -0.39 is 0 Å². The van der Waals surface area contributed by atoms with Gasteiger partial charge in [-0.2, -0.15) is 0 Å². The predicted octanol–water partition coefficient (Wildman–Crippen LogP) is 4.88. The van der Waals surface area contributed by atoms with Crippen LogP contribution in [0.15, 0.2) is 42.5 Å². The van der Waals surface area contributed by atoms with Crippen molar-refractivity contribution in [3.8, 4) is 17.4 Å². The van der Waals surface area contributed by atoms with Gasteiger partial charge in [-0.05, 0) is 44.1 Å². The lowest BCUT2D eigenvalue weighted by atomic mass is 10.1. The molecule has 0 amide bonds. The maximum Gasteiger partial charge on any atom is 0.216 e. The normalized spacial score (nSPS) is 19.3. The third kappa shape index (κ3) is 4.91. The quantitative estimate of drug-likeness (QED) is 0.324. The molecule has 0 radical (unpaired) electrons. The Labute approximate surface area is 221 Å². The van der Waals surface area contributed by atoms with Gasteiger partial charge in [0.25, 0.3) is 0 Å². The third-order valence-electron chi connectivity index (χ3n) is 7.48. The van der Waals surface area contributed by atoms with Gasteiger partial charge in [0.2, 0.25) is 5.88 Å². The topological polar surface area (TPSA) is 88.8 Å². The van der Waals surface area contributed by atoms with E-state index in [1.807, 2.05) is 30.3 Å². The molecule has 194 valence electrons. The molecule has 3 N–H and O–H groups in total. The van der Waals surface area contributed by atoms with Crippen LogP contribution in [0.1, 0.15) is 26.7 Å². The standard InChI is InChI=1S/C28H34N6O2S/c1-3-33(4-2)13-14-35-25-15-21(34-16-18-11-12-19(17-34)30-18)20-7-5-8-22(26(20)31-25)36-23-9-6-10-24-27(23)32-28(29)37-24/h5-10,15,18-19,30H,3-4,11-14,16-17H2,1-2H3,(H2,29,32). The Morgan fingerprint density at radius 1 is 1.03 bits per heavy atom. The molecule has 2 saturated heterocycles. The molecular weight excluding hydrogens is 484 g/mol. The first kappa shape index (κ1) is 24.2. The number of nitrogens with zero attached hydrogens (tertiary/aromatic N) is 4. The van der Waals surface area contributed by atoms with Crippen LogP contribution < -0.4 is 25.4 Å². The fourth-order valence-electron chi connectivity index (χ4n) is 5.55. The zero-order valence-electron chi connectivity index (χ0n) is 21.4. The highest BCUT2D eigenvalue weighted by atomic mass is 32.1. The van der Waals surface area contributed by atoms with Gasteiger partial charge in [0.15, 0.2) is 16.6 Å². The summed E-state index contributed by atoms with van der Waals surface area (Å²) in [7, 11) is 0. The van der Waals surface area contributed by atoms with E-state index in [0.29, 0.717) is 41.2 Å². The molecule has 6 rings (SSSR count). The zero-order valence-corrected chi connectivity index (χ0v) is 22.3. The second-order valence-electron chi connectivity index (χ2n) is 9.81. The van der Waals surface area contributed by atoms with Crippen LogP contribution in [-0.2, 0) is 0 Å². The van der Waals surface area contributed by atoms with Gasteiger partial charge >= 0.3 is 0 Å². The third-order valence-corrected chi connectivity index (χ3v) is 8.33. The molecular formula is C28H34N6O2S. The minimum Gasteiger partial charge on any atom is -0.476 e. The summed E-state index contributed by atoms with van der Waals surface area (Å²) in [5.74, 6) is 1.99. The van der Waals surface area contributed by atoms with E-state index in [1.165, 1.54) is 24.2 Å². The van der Waals surface area contributed by atoms with Crippen molar-refractivity contribution in [3.63, 3.8) is 0 Å². The number of benzene rings is 2. The first-order chi connectivity index (χ1) is 18.1. The largest absolute Gasteiger partial charge is 0.476 e. The number of anilines is 2. The van der Waals surface area contributed by atoms with Gasteiger partial charge in [-0.25, -0.2) is 9.97 Å². The fraction of sp³-hybridized carbons (Fsp3) is 0.429. The number of aromatic nitrogens is 2. The van der Waals surface area contributed by atoms with Gasteiger partial charge in [-0.15, -0.1) is 0 Å². The maximum absolute atomic E-state index is 6.48. The lowest BCUT2D eigenvalue weighted by Crippen LogP contribution is -2.51. The predicted molar refractivity (Wildman–Crippen MR) is 151 cm³/mol. The molecule has 2 aliphatic rings. The molecule has 2 unspecified atom stereocenters. The Morgan fingerprint density at radius 2 is 1.76 bits per heavy atom. The number of nitrogen functional groups attached to an aromatic ring is 1. The molecule has 2 fully saturated rings. The van der Waals surface area contributed by atoms with Crippen molar-refractivity contribution < 1.29 is 9.47 Å². The second kappa shape index (κ2) is 10.3. The fourth-order valence-corrected chi connectivity index (χ4v) is 6.31. The van der Waals surface area contributed by atoms with Crippen LogP contribution in [0.2, 0.25) is 0 Å². The van der Waals surface area contributed by atoms with Crippen molar-refractivity contribution in [3.05, 3.63) is 42.5 Å². The van der Waals surface area contributed by atoms with Gasteiger partial charge in [0.1, 0.15) is 17.6 Å². The van der Waals surface area contributed by atoms with Gasteiger partial charge in [-0.1, -0.05) is 43.4 Å². The van der Waals surface area contributed by atoms with Crippen molar-refractivity contribution >= 4 is 43.3 Å². The van der Waals surface area contributed by atoms with E-state index >= 15 is 0 Å². The Bertz CT molecular complexity index is 1390. The van der Waals surface area contributed by atoms with E-state index in [0.717, 1.165) is 59.5 Å². The van der Waals surface area contributed by atoms with Gasteiger partial charge in [0.05, 0.1) is 10.4 Å². The molecule has 2 aromatic carbocycles. The number of para-hydroxylation sites is 2. The lowest BCUT2D eigenvalue weighted by Gasteiger charge is -2.35. The SMILES string of the molecule is CCN(CC)CCOc1cc(N2CC3CCC(C2)N3)c2cccc(Oc3cccc4sc(N)nc34)c2n1. The first-order valence-electron chi connectivity index (χ1n) is 13.2. The van der Waals surface area contributed by atoms with E-state index in [-0.39, 0.29) is 0 Å². The molecule has 2 aromatic heterocycles. The number of fused-ring (bicyclic) bond motifs is 4. The van der Waals surface area contributed by atoms with Gasteiger partial charge < -0.3 is 30.3 Å². The van der Waals surface area contributed by atoms with Crippen LogP contribution in [-0.4, -0.2) is 66.3 Å². The summed E-state index contributed by atoms with van der Waals surface area (Å²) in [4.78, 5) is 14.3. The number of likely N-dealkylation sites (N-methyl/N-ethyl adjacent to an activating group) is 1. The highest BCUT2D eigenvalue weighted by Gasteiger charge is 2.33. The number of nitrogens with two attached hydrogens (primary N) is 1. The molecule has 4 heterocycles. The number of thiazole rings is 1. The number of hydrogen-bond acceptors (Lipinski definition) is 9. The van der Waals surface area contributed by atoms with Crippen LogP contribution in [0.4, 0.5) is 10.8 Å². The van der Waals surface area contributed by atoms with Crippen molar-refractivity contribution in [2.75, 3.05) is 50.0 Å². The van der Waals surface area contributed by atoms with Crippen LogP contribution in [0.25, 0.3) is 21.1 Å². The molecule has 0 aliphatic carbocycles. The van der Waals surface area contributed by atoms with Gasteiger partial charge in [-0.3, -0.25) is 0 Å². The second-order valence-corrected chi connectivity index (χ2v) is 10.9. The van der Waals surface area contributed by atoms with Crippen LogP contribution in [0.3, 0.4) is 0 Å². The van der Waals surface area contributed by atoms with Crippen LogP contribution >= 0.6 is 11.3 Å². The summed E-state index contributed by atoms with van der Waals surface area (Å²) in [6.45, 7) is 9.78. The van der Waals surface area contributed by atoms with E-state index in [9.17, 15) is 0 Å². The van der Waals surface area contributed by atoms with E-state index in [1.54, 1.807) is 0 Å². The number of nitrogens with one attached hydrogen (secondary N) is 1. The van der Waals surface area contributed by atoms with Gasteiger partial charge in [0, 0.05) is 43.2 Å². The molecule has 0 spiro atoms. The summed E-state index contributed by atoms with van der Waals surface area (Å²) in [6, 6.07) is 15.2. The monoisotopic (exact) mass is 518 g/mol. The minimum atomic E-state index is 0.529. The van der Waals surface area contributed by atoms with Crippen molar-refractivity contribution in [2.24, 2.45) is 0 Å². The molecule has 4 aromatic rings.